The van der Waals surface area contributed by atoms with E-state index in [-0.39, 0.29) is 25.5 Å². The van der Waals surface area contributed by atoms with Crippen LogP contribution < -0.4 is 5.32 Å². The van der Waals surface area contributed by atoms with E-state index in [1.807, 2.05) is 6.92 Å². The Bertz CT molecular complexity index is 806. The summed E-state index contributed by atoms with van der Waals surface area (Å²) in [5.41, 5.74) is 1.74. The highest BCUT2D eigenvalue weighted by Gasteiger charge is 2.31. The Balaban J connectivity index is 2.46. The molecule has 0 bridgehead atoms. The van der Waals surface area contributed by atoms with E-state index in [2.05, 4.69) is 5.32 Å². The third-order valence-electron chi connectivity index (χ3n) is 3.92. The molecule has 3 nitrogen and oxygen atoms in total. The second-order valence-electron chi connectivity index (χ2n) is 5.98. The smallest absolute Gasteiger partial charge is 0.416 e. The van der Waals surface area contributed by atoms with Crippen molar-refractivity contribution in [1.29, 1.82) is 0 Å². The molecule has 0 spiro atoms. The molecule has 2 aromatic rings. The molecular formula is C20H21ClF3NO2. The maximum absolute atomic E-state index is 13.1. The summed E-state index contributed by atoms with van der Waals surface area (Å²) in [6, 6.07) is 8.71. The topological polar surface area (TPSA) is 38.3 Å². The van der Waals surface area contributed by atoms with Crippen molar-refractivity contribution in [2.45, 2.75) is 33.0 Å². The molecule has 146 valence electrons. The van der Waals surface area contributed by atoms with E-state index in [0.29, 0.717) is 33.8 Å². The molecule has 0 saturated carbocycles. The first-order chi connectivity index (χ1) is 12.7. The first-order valence-electron chi connectivity index (χ1n) is 8.60. The fraction of sp³-hybridized carbons (Fsp3) is 0.350. The molecule has 0 aromatic heterocycles. The number of hydrogen-bond donors (Lipinski definition) is 1. The third-order valence-corrected chi connectivity index (χ3v) is 4.14. The monoisotopic (exact) mass is 399 g/mol. The number of alkyl halides is 3. The van der Waals surface area contributed by atoms with E-state index in [1.54, 1.807) is 25.1 Å². The van der Waals surface area contributed by atoms with Gasteiger partial charge in [-0.05, 0) is 60.0 Å². The van der Waals surface area contributed by atoms with Crippen LogP contribution in [-0.2, 0) is 28.7 Å². The van der Waals surface area contributed by atoms with E-state index in [1.165, 1.54) is 6.07 Å². The first-order valence-corrected chi connectivity index (χ1v) is 8.98. The normalized spacial score (nSPS) is 11.5. The molecule has 1 N–H and O–H groups in total. The first kappa shape index (κ1) is 21.3. The molecule has 0 atom stereocenters. The largest absolute Gasteiger partial charge is 0.466 e. The predicted molar refractivity (Wildman–Crippen MR) is 99.6 cm³/mol. The van der Waals surface area contributed by atoms with E-state index in [9.17, 15) is 18.0 Å². The van der Waals surface area contributed by atoms with Crippen molar-refractivity contribution in [3.05, 3.63) is 58.1 Å². The van der Waals surface area contributed by atoms with Gasteiger partial charge in [-0.15, -0.1) is 0 Å². The van der Waals surface area contributed by atoms with Gasteiger partial charge in [-0.25, -0.2) is 0 Å². The minimum atomic E-state index is -4.41. The second-order valence-corrected chi connectivity index (χ2v) is 6.42. The van der Waals surface area contributed by atoms with Crippen LogP contribution in [0.2, 0.25) is 5.02 Å². The van der Waals surface area contributed by atoms with Gasteiger partial charge in [0.25, 0.3) is 0 Å². The molecule has 0 aliphatic rings. The number of hydrogen-bond acceptors (Lipinski definition) is 3. The van der Waals surface area contributed by atoms with Gasteiger partial charge >= 0.3 is 12.1 Å². The van der Waals surface area contributed by atoms with Crippen LogP contribution in [0.3, 0.4) is 0 Å². The molecule has 0 aliphatic carbocycles. The molecule has 0 heterocycles. The zero-order valence-electron chi connectivity index (χ0n) is 15.1. The number of carbonyl (C=O) groups is 1. The standard InChI is InChI=1S/C20H21ClF3NO2/c1-3-25-12-15-10-16(20(22,23)24)5-6-18(15)14-7-13(8-17(21)11-14)9-19(26)27-4-2/h5-8,10-11,25H,3-4,9,12H2,1-2H3. The Labute approximate surface area is 161 Å². The maximum Gasteiger partial charge on any atom is 0.416 e. The van der Waals surface area contributed by atoms with Crippen molar-refractivity contribution in [2.75, 3.05) is 13.2 Å². The number of halogens is 4. The molecule has 0 aliphatic heterocycles. The van der Waals surface area contributed by atoms with Gasteiger partial charge < -0.3 is 10.1 Å². The average molecular weight is 400 g/mol. The third kappa shape index (κ3) is 5.97. The number of benzene rings is 2. The van der Waals surface area contributed by atoms with Crippen LogP contribution in [0.1, 0.15) is 30.5 Å². The predicted octanol–water partition coefficient (Wildman–Crippen LogP) is 5.24. The van der Waals surface area contributed by atoms with Gasteiger partial charge in [-0.1, -0.05) is 30.7 Å². The maximum atomic E-state index is 13.1. The van der Waals surface area contributed by atoms with Gasteiger partial charge in [0.15, 0.2) is 0 Å². The Morgan fingerprint density at radius 2 is 1.89 bits per heavy atom. The summed E-state index contributed by atoms with van der Waals surface area (Å²) in [7, 11) is 0. The number of rotatable bonds is 7. The van der Waals surface area contributed by atoms with Crippen LogP contribution in [0.15, 0.2) is 36.4 Å². The minimum absolute atomic E-state index is 0.0462. The highest BCUT2D eigenvalue weighted by Crippen LogP contribution is 2.34. The fourth-order valence-electron chi connectivity index (χ4n) is 2.74. The molecule has 0 unspecified atom stereocenters. The van der Waals surface area contributed by atoms with Crippen molar-refractivity contribution < 1.29 is 22.7 Å². The quantitative estimate of drug-likeness (QED) is 0.647. The number of esters is 1. The van der Waals surface area contributed by atoms with Crippen LogP contribution in [0.25, 0.3) is 11.1 Å². The molecule has 27 heavy (non-hydrogen) atoms. The van der Waals surface area contributed by atoms with Crippen LogP contribution in [-0.4, -0.2) is 19.1 Å². The van der Waals surface area contributed by atoms with Gasteiger partial charge in [0.1, 0.15) is 0 Å². The number of nitrogens with one attached hydrogen (secondary N) is 1. The fourth-order valence-corrected chi connectivity index (χ4v) is 3.00. The van der Waals surface area contributed by atoms with Crippen molar-refractivity contribution in [2.24, 2.45) is 0 Å². The second kappa shape index (κ2) is 9.24. The van der Waals surface area contributed by atoms with Gasteiger partial charge in [0.2, 0.25) is 0 Å². The zero-order valence-corrected chi connectivity index (χ0v) is 15.9. The van der Waals surface area contributed by atoms with E-state index >= 15 is 0 Å². The van der Waals surface area contributed by atoms with Crippen molar-refractivity contribution in [1.82, 2.24) is 5.32 Å². The highest BCUT2D eigenvalue weighted by atomic mass is 35.5. The van der Waals surface area contributed by atoms with E-state index in [4.69, 9.17) is 16.3 Å². The molecule has 0 fully saturated rings. The van der Waals surface area contributed by atoms with Crippen LogP contribution in [0, 0.1) is 0 Å². The molecule has 0 radical (unpaired) electrons. The number of ether oxygens (including phenoxy) is 1. The van der Waals surface area contributed by atoms with Crippen LogP contribution in [0.5, 0.6) is 0 Å². The summed E-state index contributed by atoms with van der Waals surface area (Å²) in [4.78, 5) is 11.7. The van der Waals surface area contributed by atoms with Gasteiger partial charge in [0, 0.05) is 11.6 Å². The average Bonchev–Trinajstić information content (AvgIpc) is 2.58. The van der Waals surface area contributed by atoms with E-state index < -0.39 is 11.7 Å². The lowest BCUT2D eigenvalue weighted by atomic mass is 9.95. The van der Waals surface area contributed by atoms with Crippen molar-refractivity contribution in [3.63, 3.8) is 0 Å². The van der Waals surface area contributed by atoms with E-state index in [0.717, 1.165) is 12.1 Å². The SMILES string of the molecule is CCNCc1cc(C(F)(F)F)ccc1-c1cc(Cl)cc(CC(=O)OCC)c1. The molecule has 0 amide bonds. The summed E-state index contributed by atoms with van der Waals surface area (Å²) in [6.45, 7) is 4.79. The lowest BCUT2D eigenvalue weighted by molar-refractivity contribution is -0.142. The highest BCUT2D eigenvalue weighted by molar-refractivity contribution is 6.31. The minimum Gasteiger partial charge on any atom is -0.466 e. The Morgan fingerprint density at radius 1 is 1.15 bits per heavy atom. The van der Waals surface area contributed by atoms with Crippen LogP contribution in [0.4, 0.5) is 13.2 Å². The van der Waals surface area contributed by atoms with Crippen molar-refractivity contribution in [3.8, 4) is 11.1 Å². The molecular weight excluding hydrogens is 379 g/mol. The Hall–Kier alpha value is -2.05. The molecule has 7 heteroatoms. The van der Waals surface area contributed by atoms with Gasteiger partial charge in [0.05, 0.1) is 18.6 Å². The lowest BCUT2D eigenvalue weighted by Gasteiger charge is -2.15. The van der Waals surface area contributed by atoms with Gasteiger partial charge in [-0.2, -0.15) is 13.2 Å². The number of carbonyl (C=O) groups excluding carboxylic acids is 1. The summed E-state index contributed by atoms with van der Waals surface area (Å²) >= 11 is 6.17. The Morgan fingerprint density at radius 3 is 2.52 bits per heavy atom. The molecule has 2 rings (SSSR count). The van der Waals surface area contributed by atoms with Gasteiger partial charge in [-0.3, -0.25) is 4.79 Å². The molecule has 2 aromatic carbocycles. The van der Waals surface area contributed by atoms with Crippen molar-refractivity contribution >= 4 is 17.6 Å². The summed E-state index contributed by atoms with van der Waals surface area (Å²) < 4.78 is 44.2. The molecule has 0 saturated heterocycles. The Kier molecular flexibility index (Phi) is 7.27. The summed E-state index contributed by atoms with van der Waals surface area (Å²) in [5, 5.41) is 3.46. The summed E-state index contributed by atoms with van der Waals surface area (Å²) in [5.74, 6) is -0.383. The summed E-state index contributed by atoms with van der Waals surface area (Å²) in [6.07, 6.45) is -4.37. The van der Waals surface area contributed by atoms with Crippen LogP contribution >= 0.6 is 11.6 Å². The zero-order chi connectivity index (χ0) is 20.0. The lowest BCUT2D eigenvalue weighted by Crippen LogP contribution is -2.14.